The summed E-state index contributed by atoms with van der Waals surface area (Å²) < 4.78 is 0. The third-order valence-electron chi connectivity index (χ3n) is 4.07. The van der Waals surface area contributed by atoms with Crippen molar-refractivity contribution < 1.29 is 4.79 Å². The van der Waals surface area contributed by atoms with Crippen LogP contribution in [0.3, 0.4) is 0 Å². The van der Waals surface area contributed by atoms with Crippen LogP contribution in [0.15, 0.2) is 24.3 Å². The maximum Gasteiger partial charge on any atom is 0.322 e. The lowest BCUT2D eigenvalue weighted by Crippen LogP contribution is -2.44. The molecule has 5 nitrogen and oxygen atoms in total. The van der Waals surface area contributed by atoms with Gasteiger partial charge in [-0.3, -0.25) is 0 Å². The van der Waals surface area contributed by atoms with Crippen LogP contribution in [0.2, 0.25) is 0 Å². The SMILES string of the molecule is N#Cc1cccc(NC(=O)N(CC2CCCN2)C2CC2)c1. The topological polar surface area (TPSA) is 68.2 Å². The lowest BCUT2D eigenvalue weighted by molar-refractivity contribution is 0.203. The summed E-state index contributed by atoms with van der Waals surface area (Å²) in [7, 11) is 0. The van der Waals surface area contributed by atoms with Gasteiger partial charge in [0.2, 0.25) is 0 Å². The van der Waals surface area contributed by atoms with Gasteiger partial charge in [-0.05, 0) is 50.4 Å². The third-order valence-corrected chi connectivity index (χ3v) is 4.07. The van der Waals surface area contributed by atoms with Crippen LogP contribution in [0, 0.1) is 11.3 Å². The number of rotatable bonds is 4. The molecule has 1 aromatic carbocycles. The number of nitrogens with one attached hydrogen (secondary N) is 2. The highest BCUT2D eigenvalue weighted by Crippen LogP contribution is 2.28. The lowest BCUT2D eigenvalue weighted by atomic mass is 10.2. The third kappa shape index (κ3) is 3.53. The minimum absolute atomic E-state index is 0.0544. The molecule has 1 aromatic rings. The summed E-state index contributed by atoms with van der Waals surface area (Å²) in [6, 6.07) is 9.87. The molecule has 0 spiro atoms. The van der Waals surface area contributed by atoms with Gasteiger partial charge >= 0.3 is 6.03 Å². The van der Waals surface area contributed by atoms with Crippen LogP contribution in [-0.2, 0) is 0 Å². The number of urea groups is 1. The zero-order valence-corrected chi connectivity index (χ0v) is 12.0. The smallest absolute Gasteiger partial charge is 0.320 e. The molecule has 2 amide bonds. The van der Waals surface area contributed by atoms with Gasteiger partial charge in [0.1, 0.15) is 0 Å². The molecule has 2 N–H and O–H groups in total. The fraction of sp³-hybridized carbons (Fsp3) is 0.500. The van der Waals surface area contributed by atoms with E-state index in [1.165, 1.54) is 6.42 Å². The molecular formula is C16H20N4O. The molecule has 21 heavy (non-hydrogen) atoms. The molecule has 0 radical (unpaired) electrons. The molecule has 2 fully saturated rings. The van der Waals surface area contributed by atoms with E-state index in [1.807, 2.05) is 11.0 Å². The van der Waals surface area contributed by atoms with E-state index in [-0.39, 0.29) is 6.03 Å². The van der Waals surface area contributed by atoms with Gasteiger partial charge in [0.05, 0.1) is 11.6 Å². The molecule has 0 bridgehead atoms. The van der Waals surface area contributed by atoms with Crippen molar-refractivity contribution in [1.29, 1.82) is 5.26 Å². The summed E-state index contributed by atoms with van der Waals surface area (Å²) in [4.78, 5) is 14.4. The number of carbonyl (C=O) groups is 1. The fourth-order valence-electron chi connectivity index (χ4n) is 2.80. The maximum atomic E-state index is 12.5. The van der Waals surface area contributed by atoms with Crippen molar-refractivity contribution in [3.8, 4) is 6.07 Å². The van der Waals surface area contributed by atoms with Gasteiger partial charge < -0.3 is 15.5 Å². The highest BCUT2D eigenvalue weighted by Gasteiger charge is 2.34. The van der Waals surface area contributed by atoms with E-state index in [4.69, 9.17) is 5.26 Å². The van der Waals surface area contributed by atoms with Crippen LogP contribution in [0.25, 0.3) is 0 Å². The molecular weight excluding hydrogens is 264 g/mol. The molecule has 5 heteroatoms. The van der Waals surface area contributed by atoms with Gasteiger partial charge in [0.15, 0.2) is 0 Å². The summed E-state index contributed by atoms with van der Waals surface area (Å²) in [6.07, 6.45) is 4.52. The summed E-state index contributed by atoms with van der Waals surface area (Å²) in [6.45, 7) is 1.82. The van der Waals surface area contributed by atoms with Crippen molar-refractivity contribution in [1.82, 2.24) is 10.2 Å². The van der Waals surface area contributed by atoms with Gasteiger partial charge in [0, 0.05) is 24.3 Å². The number of amides is 2. The lowest BCUT2D eigenvalue weighted by Gasteiger charge is -2.26. The Hall–Kier alpha value is -2.06. The Kier molecular flexibility index (Phi) is 4.07. The Morgan fingerprint density at radius 2 is 2.29 bits per heavy atom. The van der Waals surface area contributed by atoms with Crippen molar-refractivity contribution in [3.63, 3.8) is 0 Å². The van der Waals surface area contributed by atoms with Gasteiger partial charge in [-0.25, -0.2) is 4.79 Å². The van der Waals surface area contributed by atoms with Crippen LogP contribution < -0.4 is 10.6 Å². The summed E-state index contributed by atoms with van der Waals surface area (Å²) >= 11 is 0. The van der Waals surface area contributed by atoms with E-state index in [9.17, 15) is 4.79 Å². The zero-order valence-electron chi connectivity index (χ0n) is 12.0. The monoisotopic (exact) mass is 284 g/mol. The first-order valence-corrected chi connectivity index (χ1v) is 7.57. The van der Waals surface area contributed by atoms with Gasteiger partial charge in [-0.2, -0.15) is 5.26 Å². The molecule has 1 aliphatic heterocycles. The number of anilines is 1. The first kappa shape index (κ1) is 13.9. The van der Waals surface area contributed by atoms with Crippen LogP contribution in [0.4, 0.5) is 10.5 Å². The van der Waals surface area contributed by atoms with Crippen LogP contribution in [0.5, 0.6) is 0 Å². The average molecular weight is 284 g/mol. The Morgan fingerprint density at radius 3 is 2.95 bits per heavy atom. The molecule has 1 heterocycles. The van der Waals surface area contributed by atoms with E-state index >= 15 is 0 Å². The highest BCUT2D eigenvalue weighted by molar-refractivity contribution is 5.90. The second-order valence-electron chi connectivity index (χ2n) is 5.80. The number of benzene rings is 1. The molecule has 110 valence electrons. The predicted octanol–water partition coefficient (Wildman–Crippen LogP) is 2.31. The Labute approximate surface area is 124 Å². The largest absolute Gasteiger partial charge is 0.322 e. The van der Waals surface area contributed by atoms with Crippen molar-refractivity contribution in [2.45, 2.75) is 37.8 Å². The summed E-state index contributed by atoms with van der Waals surface area (Å²) in [5.74, 6) is 0. The van der Waals surface area contributed by atoms with E-state index in [1.54, 1.807) is 18.2 Å². The van der Waals surface area contributed by atoms with Gasteiger partial charge in [0.25, 0.3) is 0 Å². The average Bonchev–Trinajstić information content (AvgIpc) is 3.21. The first-order chi connectivity index (χ1) is 10.3. The maximum absolute atomic E-state index is 12.5. The van der Waals surface area contributed by atoms with Crippen molar-refractivity contribution >= 4 is 11.7 Å². The molecule has 0 aromatic heterocycles. The summed E-state index contributed by atoms with van der Waals surface area (Å²) in [5, 5.41) is 15.3. The minimum Gasteiger partial charge on any atom is -0.320 e. The predicted molar refractivity (Wildman–Crippen MR) is 80.9 cm³/mol. The van der Waals surface area contributed by atoms with E-state index in [2.05, 4.69) is 16.7 Å². The van der Waals surface area contributed by atoms with Gasteiger partial charge in [-0.1, -0.05) is 6.07 Å². The highest BCUT2D eigenvalue weighted by atomic mass is 16.2. The van der Waals surface area contributed by atoms with Crippen LogP contribution in [0.1, 0.15) is 31.2 Å². The van der Waals surface area contributed by atoms with Gasteiger partial charge in [-0.15, -0.1) is 0 Å². The number of hydrogen-bond donors (Lipinski definition) is 2. The second kappa shape index (κ2) is 6.15. The molecule has 1 aliphatic carbocycles. The van der Waals surface area contributed by atoms with E-state index in [0.717, 1.165) is 32.4 Å². The minimum atomic E-state index is -0.0544. The number of hydrogen-bond acceptors (Lipinski definition) is 3. The molecule has 1 unspecified atom stereocenters. The van der Waals surface area contributed by atoms with Crippen LogP contribution in [-0.4, -0.2) is 36.1 Å². The quantitative estimate of drug-likeness (QED) is 0.891. The molecule has 1 atom stereocenters. The van der Waals surface area contributed by atoms with Crippen molar-refractivity contribution in [2.24, 2.45) is 0 Å². The van der Waals surface area contributed by atoms with Crippen LogP contribution >= 0.6 is 0 Å². The van der Waals surface area contributed by atoms with E-state index in [0.29, 0.717) is 23.3 Å². The molecule has 1 saturated carbocycles. The standard InChI is InChI=1S/C16H20N4O/c17-10-12-3-1-4-13(9-12)19-16(21)20(15-6-7-15)11-14-5-2-8-18-14/h1,3-4,9,14-15,18H,2,5-8,11H2,(H,19,21). The summed E-state index contributed by atoms with van der Waals surface area (Å²) in [5.41, 5.74) is 1.24. The van der Waals surface area contributed by atoms with Crippen molar-refractivity contribution in [2.75, 3.05) is 18.4 Å². The Balaban J connectivity index is 1.64. The second-order valence-corrected chi connectivity index (χ2v) is 5.80. The first-order valence-electron chi connectivity index (χ1n) is 7.57. The van der Waals surface area contributed by atoms with Crippen molar-refractivity contribution in [3.05, 3.63) is 29.8 Å². The normalized spacial score (nSPS) is 20.8. The van der Waals surface area contributed by atoms with E-state index < -0.39 is 0 Å². The molecule has 1 saturated heterocycles. The zero-order chi connectivity index (χ0) is 14.7. The molecule has 2 aliphatic rings. The number of carbonyl (C=O) groups excluding carboxylic acids is 1. The Morgan fingerprint density at radius 1 is 1.43 bits per heavy atom. The number of nitriles is 1. The molecule has 3 rings (SSSR count). The number of nitrogens with zero attached hydrogens (tertiary/aromatic N) is 2. The fourth-order valence-corrected chi connectivity index (χ4v) is 2.80. The Bertz CT molecular complexity index is 556.